The quantitative estimate of drug-likeness (QED) is 0.820. The lowest BCUT2D eigenvalue weighted by Crippen LogP contribution is -2.39. The molecule has 0 radical (unpaired) electrons. The highest BCUT2D eigenvalue weighted by atomic mass is 16.4. The molecule has 2 atom stereocenters. The maximum atomic E-state index is 11.9. The van der Waals surface area contributed by atoms with Gasteiger partial charge in [0.2, 0.25) is 5.91 Å². The third-order valence-corrected chi connectivity index (χ3v) is 3.43. The van der Waals surface area contributed by atoms with E-state index in [2.05, 4.69) is 5.32 Å². The van der Waals surface area contributed by atoms with Crippen LogP contribution in [0.2, 0.25) is 0 Å². The Morgan fingerprint density at radius 2 is 2.20 bits per heavy atom. The number of carboxylic acid groups (broad SMARTS) is 1. The summed E-state index contributed by atoms with van der Waals surface area (Å²) in [6, 6.07) is 3.08. The van der Waals surface area contributed by atoms with Crippen molar-refractivity contribution < 1.29 is 23.9 Å². The molecular formula is C13H16N2O5. The predicted octanol–water partition coefficient (Wildman–Crippen LogP) is 0.188. The van der Waals surface area contributed by atoms with Gasteiger partial charge in [-0.05, 0) is 18.1 Å². The van der Waals surface area contributed by atoms with Crippen LogP contribution < -0.4 is 5.32 Å². The molecule has 1 aromatic rings. The van der Waals surface area contributed by atoms with Crippen LogP contribution in [0, 0.1) is 11.8 Å². The van der Waals surface area contributed by atoms with Crippen LogP contribution in [0.5, 0.6) is 0 Å². The molecule has 108 valence electrons. The Hall–Kier alpha value is -2.31. The van der Waals surface area contributed by atoms with Gasteiger partial charge >= 0.3 is 5.97 Å². The first kappa shape index (κ1) is 14.1. The molecular weight excluding hydrogens is 264 g/mol. The summed E-state index contributed by atoms with van der Waals surface area (Å²) in [5.74, 6) is -2.15. The Bertz CT molecular complexity index is 511. The Labute approximate surface area is 115 Å². The summed E-state index contributed by atoms with van der Waals surface area (Å²) in [5.41, 5.74) is 0. The first-order valence-electron chi connectivity index (χ1n) is 6.31. The van der Waals surface area contributed by atoms with Crippen LogP contribution in [0.3, 0.4) is 0 Å². The molecule has 2 N–H and O–H groups in total. The molecule has 1 fully saturated rings. The predicted molar refractivity (Wildman–Crippen MR) is 67.9 cm³/mol. The summed E-state index contributed by atoms with van der Waals surface area (Å²) in [6.07, 6.45) is 1.37. The van der Waals surface area contributed by atoms with Crippen molar-refractivity contribution in [3.05, 3.63) is 24.2 Å². The summed E-state index contributed by atoms with van der Waals surface area (Å²) >= 11 is 0. The van der Waals surface area contributed by atoms with Crippen LogP contribution in [-0.2, 0) is 9.59 Å². The van der Waals surface area contributed by atoms with E-state index in [-0.39, 0.29) is 30.7 Å². The van der Waals surface area contributed by atoms with E-state index in [1.807, 2.05) is 0 Å². The Kier molecular flexibility index (Phi) is 4.07. The molecule has 1 aliphatic heterocycles. The van der Waals surface area contributed by atoms with Crippen LogP contribution in [0.4, 0.5) is 0 Å². The van der Waals surface area contributed by atoms with E-state index in [9.17, 15) is 14.4 Å². The first-order valence-corrected chi connectivity index (χ1v) is 6.31. The number of carbonyl (C=O) groups is 3. The molecule has 7 nitrogen and oxygen atoms in total. The first-order chi connectivity index (χ1) is 9.49. The fourth-order valence-electron chi connectivity index (χ4n) is 2.25. The largest absolute Gasteiger partial charge is 0.481 e. The van der Waals surface area contributed by atoms with Crippen molar-refractivity contribution in [1.82, 2.24) is 10.2 Å². The summed E-state index contributed by atoms with van der Waals surface area (Å²) < 4.78 is 4.90. The van der Waals surface area contributed by atoms with Crippen molar-refractivity contribution in [1.29, 1.82) is 0 Å². The van der Waals surface area contributed by atoms with Crippen LogP contribution in [0.15, 0.2) is 22.8 Å². The van der Waals surface area contributed by atoms with Gasteiger partial charge in [0.1, 0.15) is 0 Å². The molecule has 7 heteroatoms. The smallest absolute Gasteiger partial charge is 0.308 e. The number of furan rings is 1. The van der Waals surface area contributed by atoms with Gasteiger partial charge in [0.25, 0.3) is 5.91 Å². The van der Waals surface area contributed by atoms with Crippen molar-refractivity contribution in [3.8, 4) is 0 Å². The van der Waals surface area contributed by atoms with Crippen molar-refractivity contribution in [2.24, 2.45) is 11.8 Å². The molecule has 2 rings (SSSR count). The number of carbonyl (C=O) groups excluding carboxylic acids is 2. The van der Waals surface area contributed by atoms with Gasteiger partial charge in [0, 0.05) is 13.1 Å². The number of likely N-dealkylation sites (tertiary alicyclic amines) is 1. The van der Waals surface area contributed by atoms with Gasteiger partial charge in [-0.25, -0.2) is 0 Å². The lowest BCUT2D eigenvalue weighted by Gasteiger charge is -2.15. The van der Waals surface area contributed by atoms with Crippen LogP contribution in [-0.4, -0.2) is 47.4 Å². The number of aliphatic carboxylic acids is 1. The van der Waals surface area contributed by atoms with Crippen LogP contribution >= 0.6 is 0 Å². The molecule has 1 aliphatic rings. The molecule has 0 aromatic carbocycles. The lowest BCUT2D eigenvalue weighted by molar-refractivity contribution is -0.142. The van der Waals surface area contributed by atoms with Crippen molar-refractivity contribution in [2.75, 3.05) is 19.6 Å². The highest BCUT2D eigenvalue weighted by molar-refractivity contribution is 5.94. The topological polar surface area (TPSA) is 99.9 Å². The number of amides is 2. The SMILES string of the molecule is CC1CN(C(=O)CNC(=O)c2ccco2)CC1C(=O)O. The van der Waals surface area contributed by atoms with Gasteiger partial charge in [0.05, 0.1) is 18.7 Å². The summed E-state index contributed by atoms with van der Waals surface area (Å²) in [7, 11) is 0. The van der Waals surface area contributed by atoms with Crippen molar-refractivity contribution in [3.63, 3.8) is 0 Å². The minimum atomic E-state index is -0.896. The van der Waals surface area contributed by atoms with Crippen molar-refractivity contribution in [2.45, 2.75) is 6.92 Å². The third-order valence-electron chi connectivity index (χ3n) is 3.43. The molecule has 0 saturated carbocycles. The molecule has 1 saturated heterocycles. The minimum Gasteiger partial charge on any atom is -0.481 e. The van der Waals surface area contributed by atoms with Crippen molar-refractivity contribution >= 4 is 17.8 Å². The number of hydrogen-bond acceptors (Lipinski definition) is 4. The number of nitrogens with zero attached hydrogens (tertiary/aromatic N) is 1. The van der Waals surface area contributed by atoms with Gasteiger partial charge in [-0.15, -0.1) is 0 Å². The zero-order valence-corrected chi connectivity index (χ0v) is 11.0. The lowest BCUT2D eigenvalue weighted by atomic mass is 9.99. The standard InChI is InChI=1S/C13H16N2O5/c1-8-6-15(7-9(8)13(18)19)11(16)5-14-12(17)10-3-2-4-20-10/h2-4,8-9H,5-7H2,1H3,(H,14,17)(H,18,19). The Morgan fingerprint density at radius 3 is 2.75 bits per heavy atom. The van der Waals surface area contributed by atoms with E-state index < -0.39 is 17.8 Å². The number of hydrogen-bond donors (Lipinski definition) is 2. The average molecular weight is 280 g/mol. The summed E-state index contributed by atoms with van der Waals surface area (Å²) in [6.45, 7) is 2.21. The summed E-state index contributed by atoms with van der Waals surface area (Å²) in [5, 5.41) is 11.5. The Balaban J connectivity index is 1.84. The molecule has 0 aliphatic carbocycles. The number of rotatable bonds is 4. The monoisotopic (exact) mass is 280 g/mol. The van der Waals surface area contributed by atoms with E-state index in [0.717, 1.165) is 0 Å². The second-order valence-electron chi connectivity index (χ2n) is 4.88. The highest BCUT2D eigenvalue weighted by Crippen LogP contribution is 2.22. The molecule has 2 heterocycles. The van der Waals surface area contributed by atoms with Crippen LogP contribution in [0.25, 0.3) is 0 Å². The van der Waals surface area contributed by atoms with Gasteiger partial charge in [-0.3, -0.25) is 14.4 Å². The second-order valence-corrected chi connectivity index (χ2v) is 4.88. The van der Waals surface area contributed by atoms with E-state index in [0.29, 0.717) is 6.54 Å². The van der Waals surface area contributed by atoms with E-state index in [1.54, 1.807) is 13.0 Å². The maximum absolute atomic E-state index is 11.9. The molecule has 0 spiro atoms. The fourth-order valence-corrected chi connectivity index (χ4v) is 2.25. The van der Waals surface area contributed by atoms with Crippen LogP contribution in [0.1, 0.15) is 17.5 Å². The highest BCUT2D eigenvalue weighted by Gasteiger charge is 2.36. The van der Waals surface area contributed by atoms with Gasteiger partial charge < -0.3 is 19.7 Å². The molecule has 20 heavy (non-hydrogen) atoms. The number of carboxylic acids is 1. The zero-order valence-electron chi connectivity index (χ0n) is 11.0. The molecule has 2 unspecified atom stereocenters. The van der Waals surface area contributed by atoms with Gasteiger partial charge in [0.15, 0.2) is 5.76 Å². The molecule has 2 amide bonds. The fraction of sp³-hybridized carbons (Fsp3) is 0.462. The zero-order chi connectivity index (χ0) is 14.7. The minimum absolute atomic E-state index is 0.0859. The maximum Gasteiger partial charge on any atom is 0.308 e. The number of nitrogens with one attached hydrogen (secondary N) is 1. The normalized spacial score (nSPS) is 21.8. The molecule has 1 aromatic heterocycles. The van der Waals surface area contributed by atoms with E-state index in [4.69, 9.17) is 9.52 Å². The summed E-state index contributed by atoms with van der Waals surface area (Å²) in [4.78, 5) is 36.0. The van der Waals surface area contributed by atoms with Gasteiger partial charge in [-0.1, -0.05) is 6.92 Å². The third kappa shape index (κ3) is 2.98. The van der Waals surface area contributed by atoms with E-state index in [1.165, 1.54) is 17.2 Å². The second kappa shape index (κ2) is 5.77. The molecule has 0 bridgehead atoms. The van der Waals surface area contributed by atoms with Gasteiger partial charge in [-0.2, -0.15) is 0 Å². The Morgan fingerprint density at radius 1 is 1.45 bits per heavy atom. The average Bonchev–Trinajstić information content (AvgIpc) is 3.04. The van der Waals surface area contributed by atoms with E-state index >= 15 is 0 Å².